The van der Waals surface area contributed by atoms with E-state index in [1.54, 1.807) is 12.5 Å². The summed E-state index contributed by atoms with van der Waals surface area (Å²) in [5.74, 6) is 0. The lowest BCUT2D eigenvalue weighted by Crippen LogP contribution is -2.11. The molecule has 0 bridgehead atoms. The molecule has 0 saturated heterocycles. The van der Waals surface area contributed by atoms with Gasteiger partial charge in [0.05, 0.1) is 24.9 Å². The third-order valence-corrected chi connectivity index (χ3v) is 3.55. The Balaban J connectivity index is 0.00000132. The fourth-order valence-electron chi connectivity index (χ4n) is 2.29. The Morgan fingerprint density at radius 2 is 1.87 bits per heavy atom. The molecule has 0 unspecified atom stereocenters. The van der Waals surface area contributed by atoms with E-state index in [0.29, 0.717) is 0 Å². The first-order chi connectivity index (χ1) is 10.0. The molecule has 3 aromatic rings. The first-order valence-electron chi connectivity index (χ1n) is 7.12. The zero-order valence-corrected chi connectivity index (χ0v) is 15.1. The summed E-state index contributed by atoms with van der Waals surface area (Å²) in [6.45, 7) is 7.42. The van der Waals surface area contributed by atoms with Crippen molar-refractivity contribution >= 4 is 24.8 Å². The van der Waals surface area contributed by atoms with Crippen LogP contribution in [0.2, 0.25) is 0 Å². The Morgan fingerprint density at radius 3 is 2.52 bits per heavy atom. The molecule has 0 aliphatic rings. The van der Waals surface area contributed by atoms with Gasteiger partial charge in [-0.2, -0.15) is 0 Å². The largest absolute Gasteiger partial charge is 0.331 e. The van der Waals surface area contributed by atoms with Crippen LogP contribution in [0.15, 0.2) is 55.5 Å². The number of hydrogen-bond donors (Lipinski definition) is 0. The van der Waals surface area contributed by atoms with Gasteiger partial charge in [-0.15, -0.1) is 24.8 Å². The van der Waals surface area contributed by atoms with Crippen molar-refractivity contribution in [2.75, 3.05) is 0 Å². The van der Waals surface area contributed by atoms with Gasteiger partial charge in [0.15, 0.2) is 0 Å². The van der Waals surface area contributed by atoms with Crippen LogP contribution in [-0.2, 0) is 12.0 Å². The van der Waals surface area contributed by atoms with Gasteiger partial charge in [0.1, 0.15) is 0 Å². The lowest BCUT2D eigenvalue weighted by Gasteiger charge is -2.19. The van der Waals surface area contributed by atoms with Gasteiger partial charge in [-0.05, 0) is 23.1 Å². The summed E-state index contributed by atoms with van der Waals surface area (Å²) >= 11 is 0. The zero-order valence-electron chi connectivity index (χ0n) is 13.5. The molecule has 0 aliphatic heterocycles. The van der Waals surface area contributed by atoms with E-state index in [2.05, 4.69) is 65.8 Å². The fourth-order valence-corrected chi connectivity index (χ4v) is 2.29. The number of rotatable bonds is 3. The summed E-state index contributed by atoms with van der Waals surface area (Å²) in [5, 5.41) is 0. The molecule has 124 valence electrons. The van der Waals surface area contributed by atoms with E-state index in [-0.39, 0.29) is 30.2 Å². The predicted molar refractivity (Wildman–Crippen MR) is 98.1 cm³/mol. The maximum Gasteiger partial charge on any atom is 0.0996 e. The molecular weight excluding hydrogens is 331 g/mol. The average molecular weight is 353 g/mol. The van der Waals surface area contributed by atoms with Crippen LogP contribution in [0.25, 0.3) is 5.69 Å². The van der Waals surface area contributed by atoms with Crippen molar-refractivity contribution in [2.45, 2.75) is 32.7 Å². The van der Waals surface area contributed by atoms with Crippen LogP contribution >= 0.6 is 24.8 Å². The van der Waals surface area contributed by atoms with Gasteiger partial charge in [0.2, 0.25) is 0 Å². The molecule has 3 rings (SSSR count). The number of halogens is 2. The van der Waals surface area contributed by atoms with E-state index in [9.17, 15) is 0 Å². The molecular formula is C17H22Cl2N4. The van der Waals surface area contributed by atoms with Crippen LogP contribution in [0.5, 0.6) is 0 Å². The van der Waals surface area contributed by atoms with Crippen molar-refractivity contribution in [1.29, 1.82) is 0 Å². The second-order valence-electron chi connectivity index (χ2n) is 6.31. The Morgan fingerprint density at radius 1 is 1.09 bits per heavy atom. The normalized spacial score (nSPS) is 10.7. The second kappa shape index (κ2) is 7.66. The summed E-state index contributed by atoms with van der Waals surface area (Å²) in [5.41, 5.74) is 3.64. The highest BCUT2D eigenvalue weighted by atomic mass is 35.5. The van der Waals surface area contributed by atoms with Crippen molar-refractivity contribution in [3.8, 4) is 5.69 Å². The van der Waals surface area contributed by atoms with E-state index in [4.69, 9.17) is 0 Å². The highest BCUT2D eigenvalue weighted by molar-refractivity contribution is 5.85. The van der Waals surface area contributed by atoms with Crippen molar-refractivity contribution < 1.29 is 0 Å². The predicted octanol–water partition coefficient (Wildman–Crippen LogP) is 4.26. The molecule has 2 aromatic heterocycles. The standard InChI is InChI=1S/C17H20N4.2ClH/c1-17(2,3)14-5-4-6-16(9-14)21-11-15(19-13-21)10-20-8-7-18-12-20;;/h4-9,11-13H,10H2,1-3H3;2*1H. The Hall–Kier alpha value is -1.78. The molecule has 2 heterocycles. The van der Waals surface area contributed by atoms with Gasteiger partial charge in [-0.25, -0.2) is 9.97 Å². The van der Waals surface area contributed by atoms with Crippen LogP contribution in [0, 0.1) is 0 Å². The van der Waals surface area contributed by atoms with Crippen molar-refractivity contribution in [3.05, 3.63) is 66.8 Å². The van der Waals surface area contributed by atoms with Crippen LogP contribution in [0.3, 0.4) is 0 Å². The SMILES string of the molecule is CC(C)(C)c1cccc(-n2cnc(Cn3ccnc3)c2)c1.Cl.Cl. The minimum absolute atomic E-state index is 0. The summed E-state index contributed by atoms with van der Waals surface area (Å²) in [7, 11) is 0. The number of benzene rings is 1. The molecule has 23 heavy (non-hydrogen) atoms. The van der Waals surface area contributed by atoms with Gasteiger partial charge in [-0.3, -0.25) is 0 Å². The molecule has 0 aliphatic carbocycles. The lowest BCUT2D eigenvalue weighted by molar-refractivity contribution is 0.590. The van der Waals surface area contributed by atoms with E-state index in [0.717, 1.165) is 17.9 Å². The maximum absolute atomic E-state index is 4.47. The minimum atomic E-state index is 0. The Bertz CT molecular complexity index is 727. The zero-order chi connectivity index (χ0) is 14.9. The minimum Gasteiger partial charge on any atom is -0.331 e. The summed E-state index contributed by atoms with van der Waals surface area (Å²) in [6.07, 6.45) is 9.47. The molecule has 0 amide bonds. The molecule has 0 fully saturated rings. The lowest BCUT2D eigenvalue weighted by atomic mass is 9.87. The molecule has 0 atom stereocenters. The fraction of sp³-hybridized carbons (Fsp3) is 0.294. The maximum atomic E-state index is 4.47. The van der Waals surface area contributed by atoms with E-state index in [1.165, 1.54) is 5.56 Å². The Labute approximate surface area is 149 Å². The second-order valence-corrected chi connectivity index (χ2v) is 6.31. The monoisotopic (exact) mass is 352 g/mol. The van der Waals surface area contributed by atoms with Crippen molar-refractivity contribution in [2.24, 2.45) is 0 Å². The Kier molecular flexibility index (Phi) is 6.42. The number of imidazole rings is 2. The molecule has 4 nitrogen and oxygen atoms in total. The first kappa shape index (κ1) is 19.3. The smallest absolute Gasteiger partial charge is 0.0996 e. The summed E-state index contributed by atoms with van der Waals surface area (Å²) in [4.78, 5) is 8.52. The summed E-state index contributed by atoms with van der Waals surface area (Å²) in [6, 6.07) is 8.61. The van der Waals surface area contributed by atoms with Crippen LogP contribution in [-0.4, -0.2) is 19.1 Å². The third kappa shape index (κ3) is 4.60. The van der Waals surface area contributed by atoms with Crippen LogP contribution in [0.1, 0.15) is 32.0 Å². The van der Waals surface area contributed by atoms with Gasteiger partial charge < -0.3 is 9.13 Å². The number of aromatic nitrogens is 4. The molecule has 6 heteroatoms. The van der Waals surface area contributed by atoms with Gasteiger partial charge in [0, 0.05) is 24.3 Å². The molecule has 0 saturated carbocycles. The van der Waals surface area contributed by atoms with Crippen LogP contribution in [0.4, 0.5) is 0 Å². The first-order valence-corrected chi connectivity index (χ1v) is 7.12. The molecule has 0 spiro atoms. The van der Waals surface area contributed by atoms with Gasteiger partial charge in [0.25, 0.3) is 0 Å². The van der Waals surface area contributed by atoms with Crippen molar-refractivity contribution in [3.63, 3.8) is 0 Å². The topological polar surface area (TPSA) is 35.6 Å². The van der Waals surface area contributed by atoms with E-state index in [1.807, 2.05) is 17.1 Å². The van der Waals surface area contributed by atoms with Gasteiger partial charge >= 0.3 is 0 Å². The highest BCUT2D eigenvalue weighted by Gasteiger charge is 2.14. The molecule has 0 N–H and O–H groups in total. The third-order valence-electron chi connectivity index (χ3n) is 3.55. The quantitative estimate of drug-likeness (QED) is 0.705. The highest BCUT2D eigenvalue weighted by Crippen LogP contribution is 2.24. The molecule has 1 aromatic carbocycles. The average Bonchev–Trinajstić information content (AvgIpc) is 3.10. The van der Waals surface area contributed by atoms with Gasteiger partial charge in [-0.1, -0.05) is 32.9 Å². The number of nitrogens with zero attached hydrogens (tertiary/aromatic N) is 4. The summed E-state index contributed by atoms with van der Waals surface area (Å²) < 4.78 is 4.08. The van der Waals surface area contributed by atoms with Crippen molar-refractivity contribution in [1.82, 2.24) is 19.1 Å². The van der Waals surface area contributed by atoms with Crippen LogP contribution < -0.4 is 0 Å². The molecule has 0 radical (unpaired) electrons. The van der Waals surface area contributed by atoms with E-state index < -0.39 is 0 Å². The van der Waals surface area contributed by atoms with E-state index >= 15 is 0 Å². The number of hydrogen-bond acceptors (Lipinski definition) is 2.